The molecule has 4 heteroatoms. The van der Waals surface area contributed by atoms with Gasteiger partial charge in [-0.05, 0) is 86.7 Å². The molecule has 3 rings (SSSR count). The first-order chi connectivity index (χ1) is 14.9. The number of allylic oxidation sites excluding steroid dienone is 3. The fourth-order valence-electron chi connectivity index (χ4n) is 6.33. The third kappa shape index (κ3) is 5.57. The van der Waals surface area contributed by atoms with E-state index in [9.17, 15) is 20.4 Å². The first-order valence-corrected chi connectivity index (χ1v) is 12.3. The van der Waals surface area contributed by atoms with Crippen LogP contribution in [0, 0.1) is 35.0 Å². The molecular formula is C28H42O4. The molecule has 32 heavy (non-hydrogen) atoms. The molecule has 0 aromatic rings. The van der Waals surface area contributed by atoms with Gasteiger partial charge in [0.05, 0.1) is 17.8 Å². The minimum atomic E-state index is -0.840. The predicted molar refractivity (Wildman–Crippen MR) is 129 cm³/mol. The van der Waals surface area contributed by atoms with Crippen LogP contribution in [0.1, 0.15) is 79.1 Å². The van der Waals surface area contributed by atoms with Crippen LogP contribution < -0.4 is 0 Å². The van der Waals surface area contributed by atoms with Crippen LogP contribution in [0.15, 0.2) is 35.5 Å². The van der Waals surface area contributed by atoms with Gasteiger partial charge in [-0.25, -0.2) is 0 Å². The fourth-order valence-corrected chi connectivity index (χ4v) is 6.33. The highest BCUT2D eigenvalue weighted by molar-refractivity contribution is 5.38. The molecule has 3 saturated carbocycles. The Labute approximate surface area is 194 Å². The molecule has 0 bridgehead atoms. The Bertz CT molecular complexity index is 821. The summed E-state index contributed by atoms with van der Waals surface area (Å²) in [5.41, 5.74) is 2.44. The molecule has 0 aromatic carbocycles. The van der Waals surface area contributed by atoms with Crippen molar-refractivity contribution in [1.82, 2.24) is 0 Å². The largest absolute Gasteiger partial charge is 0.393 e. The van der Waals surface area contributed by atoms with E-state index in [4.69, 9.17) is 0 Å². The summed E-state index contributed by atoms with van der Waals surface area (Å²) in [6.07, 6.45) is 9.32. The Hall–Kier alpha value is -1.38. The van der Waals surface area contributed by atoms with Gasteiger partial charge in [-0.15, -0.1) is 0 Å². The van der Waals surface area contributed by atoms with Crippen molar-refractivity contribution in [1.29, 1.82) is 0 Å². The fraction of sp³-hybridized carbons (Fsp3) is 0.714. The van der Waals surface area contributed by atoms with E-state index < -0.39 is 23.9 Å². The molecular weight excluding hydrogens is 400 g/mol. The molecule has 7 atom stereocenters. The second-order valence-corrected chi connectivity index (χ2v) is 11.3. The molecule has 0 spiro atoms. The maximum atomic E-state index is 10.8. The van der Waals surface area contributed by atoms with Crippen molar-refractivity contribution in [3.63, 3.8) is 0 Å². The SMILES string of the molecule is C=C1/C(=C/C=C2\CCC[C@]3(C)[C@@H]([C@@H](C)[C@H](O)C#CCC(C)(C)O)CC[C@@H]23)C[C@@H](O)C[C@@H]1O. The lowest BCUT2D eigenvalue weighted by molar-refractivity contribution is 0.0453. The molecule has 3 fully saturated rings. The summed E-state index contributed by atoms with van der Waals surface area (Å²) >= 11 is 0. The number of aliphatic hydroxyl groups is 4. The first kappa shape index (κ1) is 25.2. The summed E-state index contributed by atoms with van der Waals surface area (Å²) in [4.78, 5) is 0. The summed E-state index contributed by atoms with van der Waals surface area (Å²) in [5, 5.41) is 40.8. The molecule has 0 amide bonds. The van der Waals surface area contributed by atoms with Crippen molar-refractivity contribution in [2.45, 2.75) is 103 Å². The predicted octanol–water partition coefficient (Wildman–Crippen LogP) is 4.29. The van der Waals surface area contributed by atoms with Gasteiger partial charge in [-0.2, -0.15) is 0 Å². The third-order valence-corrected chi connectivity index (χ3v) is 8.21. The van der Waals surface area contributed by atoms with Gasteiger partial charge in [0.15, 0.2) is 0 Å². The summed E-state index contributed by atoms with van der Waals surface area (Å²) in [7, 11) is 0. The molecule has 4 nitrogen and oxygen atoms in total. The van der Waals surface area contributed by atoms with Gasteiger partial charge >= 0.3 is 0 Å². The van der Waals surface area contributed by atoms with Crippen LogP contribution >= 0.6 is 0 Å². The Balaban J connectivity index is 1.75. The van der Waals surface area contributed by atoms with Gasteiger partial charge in [0, 0.05) is 12.8 Å². The Morgan fingerprint density at radius 3 is 2.66 bits per heavy atom. The van der Waals surface area contributed by atoms with Gasteiger partial charge in [-0.3, -0.25) is 0 Å². The average molecular weight is 443 g/mol. The molecule has 0 aromatic heterocycles. The van der Waals surface area contributed by atoms with Gasteiger partial charge < -0.3 is 20.4 Å². The molecule has 0 aliphatic heterocycles. The van der Waals surface area contributed by atoms with Crippen molar-refractivity contribution in [2.24, 2.45) is 23.2 Å². The molecule has 0 radical (unpaired) electrons. The van der Waals surface area contributed by atoms with E-state index in [0.717, 1.165) is 43.3 Å². The smallest absolute Gasteiger partial charge is 0.117 e. The van der Waals surface area contributed by atoms with E-state index in [1.807, 2.05) is 0 Å². The van der Waals surface area contributed by atoms with Gasteiger partial charge in [-0.1, -0.05) is 50.0 Å². The van der Waals surface area contributed by atoms with E-state index in [1.54, 1.807) is 13.8 Å². The minimum absolute atomic E-state index is 0.0837. The highest BCUT2D eigenvalue weighted by atomic mass is 16.3. The van der Waals surface area contributed by atoms with Crippen LogP contribution in [0.3, 0.4) is 0 Å². The molecule has 3 aliphatic rings. The number of aliphatic hydroxyl groups excluding tert-OH is 3. The summed E-state index contributed by atoms with van der Waals surface area (Å²) in [6.45, 7) is 12.0. The van der Waals surface area contributed by atoms with Gasteiger partial charge in [0.2, 0.25) is 0 Å². The molecule has 0 unspecified atom stereocenters. The van der Waals surface area contributed by atoms with Crippen molar-refractivity contribution in [3.8, 4) is 11.8 Å². The van der Waals surface area contributed by atoms with E-state index >= 15 is 0 Å². The van der Waals surface area contributed by atoms with Crippen molar-refractivity contribution >= 4 is 0 Å². The normalized spacial score (nSPS) is 37.7. The average Bonchev–Trinajstić information content (AvgIpc) is 3.05. The van der Waals surface area contributed by atoms with Crippen LogP contribution in [0.2, 0.25) is 0 Å². The second kappa shape index (κ2) is 9.85. The lowest BCUT2D eigenvalue weighted by atomic mass is 9.60. The van der Waals surface area contributed by atoms with E-state index in [1.165, 1.54) is 5.57 Å². The maximum Gasteiger partial charge on any atom is 0.117 e. The minimum Gasteiger partial charge on any atom is -0.393 e. The summed E-state index contributed by atoms with van der Waals surface area (Å²) < 4.78 is 0. The van der Waals surface area contributed by atoms with Crippen LogP contribution in [-0.2, 0) is 0 Å². The zero-order chi connectivity index (χ0) is 23.7. The monoisotopic (exact) mass is 442 g/mol. The maximum absolute atomic E-state index is 10.8. The summed E-state index contributed by atoms with van der Waals surface area (Å²) in [5.74, 6) is 6.94. The van der Waals surface area contributed by atoms with Crippen LogP contribution in [-0.4, -0.2) is 44.3 Å². The van der Waals surface area contributed by atoms with Gasteiger partial charge in [0.1, 0.15) is 6.10 Å². The topological polar surface area (TPSA) is 80.9 Å². The zero-order valence-corrected chi connectivity index (χ0v) is 20.3. The third-order valence-electron chi connectivity index (χ3n) is 8.21. The highest BCUT2D eigenvalue weighted by Gasteiger charge is 2.51. The first-order valence-electron chi connectivity index (χ1n) is 12.3. The number of rotatable bonds is 4. The molecule has 3 aliphatic carbocycles. The quantitative estimate of drug-likeness (QED) is 0.490. The highest BCUT2D eigenvalue weighted by Crippen LogP contribution is 2.59. The van der Waals surface area contributed by atoms with Crippen LogP contribution in [0.5, 0.6) is 0 Å². The van der Waals surface area contributed by atoms with Crippen LogP contribution in [0.25, 0.3) is 0 Å². The molecule has 178 valence electrons. The van der Waals surface area contributed by atoms with E-state index in [-0.39, 0.29) is 11.3 Å². The number of hydrogen-bond donors (Lipinski definition) is 4. The number of fused-ring (bicyclic) bond motifs is 1. The van der Waals surface area contributed by atoms with Crippen molar-refractivity contribution in [2.75, 3.05) is 0 Å². The molecule has 0 heterocycles. The lowest BCUT2D eigenvalue weighted by Gasteiger charge is -2.44. The Morgan fingerprint density at radius 2 is 1.97 bits per heavy atom. The molecule has 4 N–H and O–H groups in total. The lowest BCUT2D eigenvalue weighted by Crippen LogP contribution is -2.39. The van der Waals surface area contributed by atoms with Crippen molar-refractivity contribution in [3.05, 3.63) is 35.5 Å². The standard InChI is InChI=1S/C28H42O4/c1-18-21(16-22(29)17-26(18)31)11-10-20-8-6-15-28(5)23(12-13-24(20)28)19(2)25(30)9-7-14-27(3,4)32/h10-11,19,22-26,29-32H,1,6,8,12-17H2,2-5H3/b20-10+,21-11+/t19-,22-,23-,24+,25-,26+,28-/m1/s1. The van der Waals surface area contributed by atoms with Crippen molar-refractivity contribution < 1.29 is 20.4 Å². The number of hydrogen-bond acceptors (Lipinski definition) is 4. The van der Waals surface area contributed by atoms with Gasteiger partial charge in [0.25, 0.3) is 0 Å². The van der Waals surface area contributed by atoms with E-state index in [0.29, 0.717) is 31.1 Å². The summed E-state index contributed by atoms with van der Waals surface area (Å²) in [6, 6.07) is 0. The Kier molecular flexibility index (Phi) is 7.77. The Morgan fingerprint density at radius 1 is 1.25 bits per heavy atom. The second-order valence-electron chi connectivity index (χ2n) is 11.3. The molecule has 0 saturated heterocycles. The van der Waals surface area contributed by atoms with E-state index in [2.05, 4.69) is 44.4 Å². The zero-order valence-electron chi connectivity index (χ0n) is 20.3. The van der Waals surface area contributed by atoms with Crippen LogP contribution in [0.4, 0.5) is 0 Å².